The van der Waals surface area contributed by atoms with Crippen LogP contribution in [0.3, 0.4) is 0 Å². The number of rotatable bonds is 7. The van der Waals surface area contributed by atoms with E-state index in [2.05, 4.69) is 0 Å². The van der Waals surface area contributed by atoms with E-state index in [0.29, 0.717) is 41.2 Å². The smallest absolute Gasteiger partial charge is 0.254 e. The zero-order valence-corrected chi connectivity index (χ0v) is 21.1. The fourth-order valence-electron chi connectivity index (χ4n) is 5.02. The van der Waals surface area contributed by atoms with Crippen LogP contribution in [-0.4, -0.2) is 61.6 Å². The van der Waals surface area contributed by atoms with Crippen LogP contribution in [0.25, 0.3) is 0 Å². The molecule has 2 amide bonds. The van der Waals surface area contributed by atoms with Gasteiger partial charge in [0.2, 0.25) is 5.91 Å². The Morgan fingerprint density at radius 1 is 0.944 bits per heavy atom. The number of hydrogen-bond acceptors (Lipinski definition) is 6. The van der Waals surface area contributed by atoms with E-state index in [1.54, 1.807) is 59.1 Å². The first-order valence-corrected chi connectivity index (χ1v) is 12.8. The summed E-state index contributed by atoms with van der Waals surface area (Å²) in [6, 6.07) is 18.9. The number of thioether (sulfide) groups is 1. The van der Waals surface area contributed by atoms with Crippen molar-refractivity contribution in [2.24, 2.45) is 0 Å². The third-order valence-electron chi connectivity index (χ3n) is 6.82. The van der Waals surface area contributed by atoms with Gasteiger partial charge >= 0.3 is 0 Å². The number of ketones is 1. The standard InChI is InChI=1S/C28H26N2O5S/c1-34-20-12-13-24(35-2)21(15-20)26(31)17-8-10-18(11-9-17)27(32)29-16-19-14-23(29)28(33)30(19)22-6-4-5-7-25(22)36-3/h4-13,15,19,23H,14,16H2,1-3H3/t19-,23-/m0/s1. The molecule has 0 N–H and O–H groups in total. The number of carbonyl (C=O) groups excluding carboxylic acids is 3. The number of nitrogens with zero attached hydrogens (tertiary/aromatic N) is 2. The van der Waals surface area contributed by atoms with Crippen molar-refractivity contribution in [1.29, 1.82) is 0 Å². The summed E-state index contributed by atoms with van der Waals surface area (Å²) in [5.41, 5.74) is 2.16. The Balaban J connectivity index is 1.33. The van der Waals surface area contributed by atoms with E-state index in [-0.39, 0.29) is 23.6 Å². The zero-order valence-electron chi connectivity index (χ0n) is 20.3. The highest BCUT2D eigenvalue weighted by molar-refractivity contribution is 7.98. The number of fused-ring (bicyclic) bond motifs is 2. The molecular weight excluding hydrogens is 476 g/mol. The van der Waals surface area contributed by atoms with E-state index < -0.39 is 6.04 Å². The summed E-state index contributed by atoms with van der Waals surface area (Å²) in [6.45, 7) is 0.486. The molecule has 8 heteroatoms. The summed E-state index contributed by atoms with van der Waals surface area (Å²) in [6.07, 6.45) is 2.62. The molecule has 2 bridgehead atoms. The van der Waals surface area contributed by atoms with Gasteiger partial charge < -0.3 is 19.3 Å². The Morgan fingerprint density at radius 3 is 2.33 bits per heavy atom. The van der Waals surface area contributed by atoms with Crippen LogP contribution in [0.4, 0.5) is 5.69 Å². The van der Waals surface area contributed by atoms with E-state index in [1.165, 1.54) is 14.2 Å². The molecule has 0 spiro atoms. The number of carbonyl (C=O) groups is 3. The van der Waals surface area contributed by atoms with Gasteiger partial charge in [0.15, 0.2) is 5.78 Å². The Bertz CT molecular complexity index is 1340. The minimum Gasteiger partial charge on any atom is -0.497 e. The van der Waals surface area contributed by atoms with Gasteiger partial charge in [-0.2, -0.15) is 0 Å². The van der Waals surface area contributed by atoms with Crippen LogP contribution in [0.15, 0.2) is 71.6 Å². The van der Waals surface area contributed by atoms with E-state index in [0.717, 1.165) is 10.6 Å². The maximum Gasteiger partial charge on any atom is 0.254 e. The van der Waals surface area contributed by atoms with Crippen LogP contribution in [-0.2, 0) is 4.79 Å². The van der Waals surface area contributed by atoms with Crippen molar-refractivity contribution in [3.63, 3.8) is 0 Å². The van der Waals surface area contributed by atoms with E-state index >= 15 is 0 Å². The van der Waals surface area contributed by atoms with Crippen molar-refractivity contribution in [1.82, 2.24) is 4.90 Å². The topological polar surface area (TPSA) is 76.1 Å². The molecule has 0 radical (unpaired) electrons. The predicted molar refractivity (Wildman–Crippen MR) is 138 cm³/mol. The number of piperazine rings is 1. The summed E-state index contributed by atoms with van der Waals surface area (Å²) in [7, 11) is 3.04. The SMILES string of the molecule is COc1ccc(OC)c(C(=O)c2ccc(C(=O)N3C[C@@H]4C[C@H]3C(=O)N4c3ccccc3SC)cc2)c1. The van der Waals surface area contributed by atoms with Gasteiger partial charge in [-0.05, 0) is 55.1 Å². The number of ether oxygens (including phenoxy) is 2. The summed E-state index contributed by atoms with van der Waals surface area (Å²) in [5, 5.41) is 0. The number of anilines is 1. The Kier molecular flexibility index (Phi) is 6.45. The lowest BCUT2D eigenvalue weighted by molar-refractivity contribution is -0.121. The molecule has 2 fully saturated rings. The third-order valence-corrected chi connectivity index (χ3v) is 7.60. The van der Waals surface area contributed by atoms with Crippen molar-refractivity contribution >= 4 is 35.0 Å². The third kappa shape index (κ3) is 4.01. The molecule has 3 aromatic rings. The van der Waals surface area contributed by atoms with Crippen LogP contribution in [0, 0.1) is 0 Å². The molecule has 2 aliphatic rings. The largest absolute Gasteiger partial charge is 0.497 e. The summed E-state index contributed by atoms with van der Waals surface area (Å²) in [5.74, 6) is 0.516. The number of para-hydroxylation sites is 1. The van der Waals surface area contributed by atoms with Gasteiger partial charge in [-0.3, -0.25) is 14.4 Å². The number of amides is 2. The van der Waals surface area contributed by atoms with Gasteiger partial charge in [-0.25, -0.2) is 0 Å². The fraction of sp³-hybridized carbons (Fsp3) is 0.250. The minimum atomic E-state index is -0.472. The van der Waals surface area contributed by atoms with Gasteiger partial charge in [0.1, 0.15) is 17.5 Å². The number of benzene rings is 3. The molecule has 2 aliphatic heterocycles. The van der Waals surface area contributed by atoms with E-state index in [9.17, 15) is 14.4 Å². The first-order valence-electron chi connectivity index (χ1n) is 11.6. The zero-order chi connectivity index (χ0) is 25.4. The Labute approximate surface area is 214 Å². The number of hydrogen-bond donors (Lipinski definition) is 0. The molecule has 2 heterocycles. The van der Waals surface area contributed by atoms with Crippen molar-refractivity contribution in [3.8, 4) is 11.5 Å². The van der Waals surface area contributed by atoms with Gasteiger partial charge in [0, 0.05) is 22.6 Å². The van der Waals surface area contributed by atoms with Crippen molar-refractivity contribution < 1.29 is 23.9 Å². The second kappa shape index (κ2) is 9.70. The fourth-order valence-corrected chi connectivity index (χ4v) is 5.61. The second-order valence-corrected chi connectivity index (χ2v) is 9.56. The van der Waals surface area contributed by atoms with Crippen molar-refractivity contribution in [3.05, 3.63) is 83.4 Å². The number of likely N-dealkylation sites (tertiary alicyclic amines) is 1. The quantitative estimate of drug-likeness (QED) is 0.355. The molecule has 0 aliphatic carbocycles. The second-order valence-electron chi connectivity index (χ2n) is 8.72. The first-order chi connectivity index (χ1) is 17.5. The Hall–Kier alpha value is -3.78. The highest BCUT2D eigenvalue weighted by atomic mass is 32.2. The van der Waals surface area contributed by atoms with Crippen LogP contribution in [0.5, 0.6) is 11.5 Å². The summed E-state index contributed by atoms with van der Waals surface area (Å²) < 4.78 is 10.6. The van der Waals surface area contributed by atoms with Crippen LogP contribution >= 0.6 is 11.8 Å². The van der Waals surface area contributed by atoms with Gasteiger partial charge in [-0.1, -0.05) is 24.3 Å². The minimum absolute atomic E-state index is 0.0406. The average molecular weight is 503 g/mol. The molecule has 0 aromatic heterocycles. The monoisotopic (exact) mass is 502 g/mol. The van der Waals surface area contributed by atoms with Crippen LogP contribution in [0.2, 0.25) is 0 Å². The first kappa shape index (κ1) is 23.9. The van der Waals surface area contributed by atoms with E-state index in [4.69, 9.17) is 9.47 Å². The number of methoxy groups -OCH3 is 2. The molecule has 0 unspecified atom stereocenters. The maximum atomic E-state index is 13.3. The molecule has 5 rings (SSSR count). The highest BCUT2D eigenvalue weighted by Gasteiger charge is 2.52. The predicted octanol–water partition coefficient (Wildman–Crippen LogP) is 4.29. The molecule has 7 nitrogen and oxygen atoms in total. The average Bonchev–Trinajstić information content (AvgIpc) is 3.50. The lowest BCUT2D eigenvalue weighted by Crippen LogP contribution is -2.52. The summed E-state index contributed by atoms with van der Waals surface area (Å²) >= 11 is 1.61. The van der Waals surface area contributed by atoms with Gasteiger partial charge in [-0.15, -0.1) is 11.8 Å². The van der Waals surface area contributed by atoms with E-state index in [1.807, 2.05) is 35.4 Å². The lowest BCUT2D eigenvalue weighted by Gasteiger charge is -2.34. The highest BCUT2D eigenvalue weighted by Crippen LogP contribution is 2.40. The normalized spacial score (nSPS) is 18.5. The molecule has 36 heavy (non-hydrogen) atoms. The van der Waals surface area contributed by atoms with Gasteiger partial charge in [0.25, 0.3) is 5.91 Å². The molecule has 2 saturated heterocycles. The Morgan fingerprint density at radius 2 is 1.67 bits per heavy atom. The maximum absolute atomic E-state index is 13.3. The van der Waals surface area contributed by atoms with Gasteiger partial charge in [0.05, 0.1) is 31.5 Å². The van der Waals surface area contributed by atoms with Crippen molar-refractivity contribution in [2.45, 2.75) is 23.4 Å². The summed E-state index contributed by atoms with van der Waals surface area (Å²) in [4.78, 5) is 44.2. The van der Waals surface area contributed by atoms with Crippen LogP contribution < -0.4 is 14.4 Å². The van der Waals surface area contributed by atoms with Crippen LogP contribution in [0.1, 0.15) is 32.7 Å². The molecule has 2 atom stereocenters. The lowest BCUT2D eigenvalue weighted by atomic mass is 10.0. The van der Waals surface area contributed by atoms with Crippen molar-refractivity contribution in [2.75, 3.05) is 31.9 Å². The molecule has 184 valence electrons. The molecule has 0 saturated carbocycles. The molecule has 3 aromatic carbocycles. The molecular formula is C28H26N2O5S.